The normalized spacial score (nSPS) is 15.3. The quantitative estimate of drug-likeness (QED) is 0.657. The van der Waals surface area contributed by atoms with Crippen LogP contribution in [0.5, 0.6) is 0 Å². The van der Waals surface area contributed by atoms with Gasteiger partial charge < -0.3 is 0 Å². The number of hydrogen-bond acceptors (Lipinski definition) is 2. The largest absolute Gasteiger partial charge is 0.453 e. The molecule has 0 fully saturated rings. The van der Waals surface area contributed by atoms with Crippen molar-refractivity contribution in [2.24, 2.45) is 0 Å². The lowest BCUT2D eigenvalue weighted by molar-refractivity contribution is -0.526. The van der Waals surface area contributed by atoms with Crippen LogP contribution >= 0.6 is 0 Å². The molecular weight excluding hydrogens is 332 g/mol. The van der Waals surface area contributed by atoms with E-state index in [9.17, 15) is 52.7 Å². The number of ether oxygens (including phenoxy) is 2. The monoisotopic (exact) mass is 334 g/mol. The number of halogens is 12. The molecule has 0 rings (SSSR count). The van der Waals surface area contributed by atoms with Crippen molar-refractivity contribution in [1.29, 1.82) is 0 Å². The van der Waals surface area contributed by atoms with E-state index in [2.05, 4.69) is 0 Å². The molecule has 0 aliphatic rings. The van der Waals surface area contributed by atoms with E-state index >= 15 is 0 Å². The van der Waals surface area contributed by atoms with Crippen LogP contribution in [0.1, 0.15) is 0 Å². The first-order valence-electron chi connectivity index (χ1n) is 4.03. The molecule has 0 heterocycles. The van der Waals surface area contributed by atoms with Crippen molar-refractivity contribution in [2.45, 2.75) is 37.3 Å². The summed E-state index contributed by atoms with van der Waals surface area (Å²) in [5.74, 6) is 0. The van der Waals surface area contributed by atoms with E-state index in [-0.39, 0.29) is 0 Å². The number of alkyl halides is 12. The van der Waals surface area contributed by atoms with Crippen LogP contribution in [0.2, 0.25) is 0 Å². The summed E-state index contributed by atoms with van der Waals surface area (Å²) < 4.78 is 147. The molecule has 0 saturated carbocycles. The van der Waals surface area contributed by atoms with E-state index < -0.39 is 37.3 Å². The van der Waals surface area contributed by atoms with Gasteiger partial charge in [0.15, 0.2) is 0 Å². The average Bonchev–Trinajstić information content (AvgIpc) is 2.12. The first kappa shape index (κ1) is 19.1. The number of hydrogen-bond donors (Lipinski definition) is 0. The molecule has 122 valence electrons. The second kappa shape index (κ2) is 5.46. The molecule has 0 N–H and O–H groups in total. The molecule has 0 aromatic carbocycles. The highest BCUT2D eigenvalue weighted by Crippen LogP contribution is 2.45. The third-order valence-electron chi connectivity index (χ3n) is 1.38. The highest BCUT2D eigenvalue weighted by atomic mass is 19.4. The molecule has 0 aromatic heterocycles. The fraction of sp³-hybridized carbons (Fsp3) is 1.00. The molecule has 0 saturated heterocycles. The Hall–Kier alpha value is -0.920. The van der Waals surface area contributed by atoms with Gasteiger partial charge in [-0.1, -0.05) is 0 Å². The maximum Gasteiger partial charge on any atom is 0.453 e. The Morgan fingerprint density at radius 1 is 0.500 bits per heavy atom. The molecule has 0 aliphatic carbocycles. The Morgan fingerprint density at radius 3 is 0.850 bits per heavy atom. The second-order valence-electron chi connectivity index (χ2n) is 2.96. The molecule has 2 nitrogen and oxygen atoms in total. The highest BCUT2D eigenvalue weighted by molar-refractivity contribution is 4.73. The van der Waals surface area contributed by atoms with Crippen LogP contribution < -0.4 is 0 Å². The van der Waals surface area contributed by atoms with Gasteiger partial charge in [-0.25, -0.2) is 27.0 Å². The van der Waals surface area contributed by atoms with Gasteiger partial charge in [0.25, 0.3) is 0 Å². The van der Waals surface area contributed by atoms with Crippen molar-refractivity contribution in [3.8, 4) is 0 Å². The Balaban J connectivity index is 5.18. The fourth-order valence-corrected chi connectivity index (χ4v) is 0.550. The predicted octanol–water partition coefficient (Wildman–Crippen LogP) is 3.92. The van der Waals surface area contributed by atoms with Crippen LogP contribution in [0.15, 0.2) is 0 Å². The Morgan fingerprint density at radius 2 is 0.700 bits per heavy atom. The SMILES string of the molecule is FC(F)C(F)(F)OC(F)(F)C(F)(F)OC(F)(F)C(F)F. The minimum Gasteiger partial charge on any atom is -0.244 e. The van der Waals surface area contributed by atoms with Crippen molar-refractivity contribution in [1.82, 2.24) is 0 Å². The van der Waals surface area contributed by atoms with Gasteiger partial charge in [0.1, 0.15) is 0 Å². The minimum absolute atomic E-state index is 1.71. The summed E-state index contributed by atoms with van der Waals surface area (Å²) in [6.45, 7) is 0. The van der Waals surface area contributed by atoms with E-state index in [1.165, 1.54) is 0 Å². The molecule has 0 spiro atoms. The summed E-state index contributed by atoms with van der Waals surface area (Å²) in [4.78, 5) is 0. The summed E-state index contributed by atoms with van der Waals surface area (Å²) in [5.41, 5.74) is 0. The van der Waals surface area contributed by atoms with Crippen molar-refractivity contribution < 1.29 is 62.2 Å². The smallest absolute Gasteiger partial charge is 0.244 e. The van der Waals surface area contributed by atoms with Crippen molar-refractivity contribution in [2.75, 3.05) is 0 Å². The van der Waals surface area contributed by atoms with Gasteiger partial charge in [-0.05, 0) is 0 Å². The Kier molecular flexibility index (Phi) is 5.21. The topological polar surface area (TPSA) is 18.5 Å². The fourth-order valence-electron chi connectivity index (χ4n) is 0.550. The van der Waals surface area contributed by atoms with Gasteiger partial charge >= 0.3 is 37.3 Å². The zero-order valence-corrected chi connectivity index (χ0v) is 8.51. The van der Waals surface area contributed by atoms with Crippen LogP contribution in [0, 0.1) is 0 Å². The van der Waals surface area contributed by atoms with Gasteiger partial charge in [-0.3, -0.25) is 0 Å². The number of rotatable bonds is 7. The predicted molar refractivity (Wildman–Crippen MR) is 34.0 cm³/mol. The summed E-state index contributed by atoms with van der Waals surface area (Å²) in [6, 6.07) is 0. The molecule has 0 aromatic rings. The van der Waals surface area contributed by atoms with Crippen LogP contribution in [0.25, 0.3) is 0 Å². The van der Waals surface area contributed by atoms with E-state index in [1.54, 1.807) is 9.47 Å². The second-order valence-corrected chi connectivity index (χ2v) is 2.96. The maximum atomic E-state index is 12.4. The summed E-state index contributed by atoms with van der Waals surface area (Å²) in [7, 11) is 0. The first-order valence-corrected chi connectivity index (χ1v) is 4.03. The lowest BCUT2D eigenvalue weighted by Gasteiger charge is -2.30. The zero-order chi connectivity index (χ0) is 16.6. The van der Waals surface area contributed by atoms with Crippen molar-refractivity contribution >= 4 is 0 Å². The summed E-state index contributed by atoms with van der Waals surface area (Å²) in [5, 5.41) is 0. The summed E-state index contributed by atoms with van der Waals surface area (Å²) >= 11 is 0. The highest BCUT2D eigenvalue weighted by Gasteiger charge is 2.69. The van der Waals surface area contributed by atoms with E-state index in [0.717, 1.165) is 0 Å². The van der Waals surface area contributed by atoms with Gasteiger partial charge in [0.05, 0.1) is 0 Å². The Bertz CT molecular complexity index is 294. The van der Waals surface area contributed by atoms with Crippen LogP contribution in [-0.2, 0) is 9.47 Å². The molecule has 0 bridgehead atoms. The lowest BCUT2D eigenvalue weighted by Crippen LogP contribution is -2.54. The third-order valence-corrected chi connectivity index (χ3v) is 1.38. The molecule has 0 unspecified atom stereocenters. The van der Waals surface area contributed by atoms with E-state index in [0.29, 0.717) is 0 Å². The van der Waals surface area contributed by atoms with E-state index in [4.69, 9.17) is 0 Å². The first-order chi connectivity index (χ1) is 8.55. The van der Waals surface area contributed by atoms with Crippen LogP contribution in [0.3, 0.4) is 0 Å². The van der Waals surface area contributed by atoms with Crippen LogP contribution in [0.4, 0.5) is 52.7 Å². The van der Waals surface area contributed by atoms with Crippen molar-refractivity contribution in [3.63, 3.8) is 0 Å². The van der Waals surface area contributed by atoms with Crippen LogP contribution in [-0.4, -0.2) is 37.3 Å². The molecule has 0 aliphatic heterocycles. The standard InChI is InChI=1S/C6H2F12O2/c7-1(8)3(11,12)19-5(15,16)6(17,18)20-4(13,14)2(9)10/h1-2H. The average molecular weight is 334 g/mol. The minimum atomic E-state index is -6.74. The molecular formula is C6H2F12O2. The zero-order valence-electron chi connectivity index (χ0n) is 8.51. The van der Waals surface area contributed by atoms with Gasteiger partial charge in [0.2, 0.25) is 0 Å². The molecule has 0 radical (unpaired) electrons. The van der Waals surface area contributed by atoms with Gasteiger partial charge in [0, 0.05) is 0 Å². The third kappa shape index (κ3) is 4.29. The lowest BCUT2D eigenvalue weighted by atomic mass is 10.5. The Labute approximate surface area is 101 Å². The molecule has 20 heavy (non-hydrogen) atoms. The van der Waals surface area contributed by atoms with Gasteiger partial charge in [-0.15, -0.1) is 0 Å². The molecule has 0 amide bonds. The van der Waals surface area contributed by atoms with Crippen molar-refractivity contribution in [3.05, 3.63) is 0 Å². The molecule has 14 heteroatoms. The summed E-state index contributed by atoms with van der Waals surface area (Å²) in [6.07, 6.45) is -35.9. The van der Waals surface area contributed by atoms with Gasteiger partial charge in [-0.2, -0.15) is 35.1 Å². The van der Waals surface area contributed by atoms with E-state index in [1.807, 2.05) is 0 Å². The maximum absolute atomic E-state index is 12.4. The molecule has 0 atom stereocenters.